The number of halogens is 1. The van der Waals surface area contributed by atoms with Gasteiger partial charge in [0.25, 0.3) is 5.91 Å². The Balaban J connectivity index is 2.22. The lowest BCUT2D eigenvalue weighted by Crippen LogP contribution is -2.27. The Labute approximate surface area is 120 Å². The van der Waals surface area contributed by atoms with Crippen molar-refractivity contribution in [1.82, 2.24) is 5.32 Å². The minimum absolute atomic E-state index is 0.282. The second-order valence-corrected chi connectivity index (χ2v) is 4.23. The van der Waals surface area contributed by atoms with Crippen molar-refractivity contribution in [2.24, 2.45) is 0 Å². The molecule has 5 heteroatoms. The number of carboxylic acid groups (broad SMARTS) is 1. The van der Waals surface area contributed by atoms with Crippen molar-refractivity contribution in [3.05, 3.63) is 77.2 Å². The molecule has 0 fully saturated rings. The molecule has 1 amide bonds. The van der Waals surface area contributed by atoms with E-state index in [2.05, 4.69) is 5.32 Å². The van der Waals surface area contributed by atoms with Gasteiger partial charge in [-0.1, -0.05) is 30.3 Å². The van der Waals surface area contributed by atoms with Gasteiger partial charge in [-0.3, -0.25) is 4.79 Å². The van der Waals surface area contributed by atoms with E-state index in [1.807, 2.05) is 0 Å². The minimum Gasteiger partial charge on any atom is -0.477 e. The monoisotopic (exact) mass is 285 g/mol. The first-order valence-corrected chi connectivity index (χ1v) is 6.13. The summed E-state index contributed by atoms with van der Waals surface area (Å²) in [5, 5.41) is 11.5. The normalized spacial score (nSPS) is 11.0. The average Bonchev–Trinajstić information content (AvgIpc) is 2.49. The first-order chi connectivity index (χ1) is 10.1. The van der Waals surface area contributed by atoms with E-state index in [-0.39, 0.29) is 5.70 Å². The molecule has 0 saturated carbocycles. The van der Waals surface area contributed by atoms with E-state index >= 15 is 0 Å². The van der Waals surface area contributed by atoms with Crippen LogP contribution in [0.15, 0.2) is 60.3 Å². The van der Waals surface area contributed by atoms with Crippen LogP contribution in [0.25, 0.3) is 6.08 Å². The summed E-state index contributed by atoms with van der Waals surface area (Å²) in [7, 11) is 0. The van der Waals surface area contributed by atoms with Crippen molar-refractivity contribution in [2.75, 3.05) is 0 Å². The first-order valence-electron chi connectivity index (χ1n) is 6.13. The van der Waals surface area contributed by atoms with Crippen molar-refractivity contribution in [2.45, 2.75) is 0 Å². The van der Waals surface area contributed by atoms with E-state index in [0.717, 1.165) is 0 Å². The summed E-state index contributed by atoms with van der Waals surface area (Å²) in [6.45, 7) is 0. The van der Waals surface area contributed by atoms with E-state index in [1.54, 1.807) is 30.3 Å². The van der Waals surface area contributed by atoms with Crippen LogP contribution in [0.2, 0.25) is 0 Å². The number of nitrogens with one attached hydrogen (secondary N) is 1. The number of carboxylic acids is 1. The predicted octanol–water partition coefficient (Wildman–Crippen LogP) is 2.68. The molecule has 0 bridgehead atoms. The van der Waals surface area contributed by atoms with E-state index in [9.17, 15) is 14.0 Å². The maximum atomic E-state index is 12.8. The van der Waals surface area contributed by atoms with Crippen LogP contribution in [-0.2, 0) is 4.79 Å². The topological polar surface area (TPSA) is 66.4 Å². The van der Waals surface area contributed by atoms with Crippen molar-refractivity contribution in [3.8, 4) is 0 Å². The average molecular weight is 285 g/mol. The van der Waals surface area contributed by atoms with Crippen molar-refractivity contribution < 1.29 is 19.1 Å². The van der Waals surface area contributed by atoms with Gasteiger partial charge in [0.05, 0.1) is 0 Å². The van der Waals surface area contributed by atoms with Gasteiger partial charge in [0, 0.05) is 5.56 Å². The van der Waals surface area contributed by atoms with Gasteiger partial charge in [0.2, 0.25) is 0 Å². The molecule has 4 nitrogen and oxygen atoms in total. The van der Waals surface area contributed by atoms with Crippen LogP contribution < -0.4 is 5.32 Å². The number of hydrogen-bond donors (Lipinski definition) is 2. The highest BCUT2D eigenvalue weighted by Gasteiger charge is 2.13. The highest BCUT2D eigenvalue weighted by atomic mass is 19.1. The van der Waals surface area contributed by atoms with Crippen LogP contribution in [0.3, 0.4) is 0 Å². The lowest BCUT2D eigenvalue weighted by molar-refractivity contribution is -0.132. The Kier molecular flexibility index (Phi) is 4.46. The summed E-state index contributed by atoms with van der Waals surface area (Å²) >= 11 is 0. The Morgan fingerprint density at radius 3 is 2.19 bits per heavy atom. The Morgan fingerprint density at radius 2 is 1.62 bits per heavy atom. The quantitative estimate of drug-likeness (QED) is 0.849. The number of carbonyl (C=O) groups is 2. The molecule has 0 spiro atoms. The van der Waals surface area contributed by atoms with Crippen LogP contribution in [0.1, 0.15) is 15.9 Å². The molecule has 0 aliphatic carbocycles. The Bertz CT molecular complexity index is 678. The summed E-state index contributed by atoms with van der Waals surface area (Å²) in [6, 6.07) is 13.5. The van der Waals surface area contributed by atoms with Gasteiger partial charge in [-0.05, 0) is 35.9 Å². The molecule has 2 aromatic carbocycles. The maximum absolute atomic E-state index is 12.8. The zero-order valence-electron chi connectivity index (χ0n) is 10.9. The number of amides is 1. The summed E-state index contributed by atoms with van der Waals surface area (Å²) in [6.07, 6.45) is 1.27. The molecule has 0 heterocycles. The number of aliphatic carboxylic acids is 1. The van der Waals surface area contributed by atoms with Gasteiger partial charge in [-0.2, -0.15) is 0 Å². The fraction of sp³-hybridized carbons (Fsp3) is 0. The number of rotatable bonds is 4. The fourth-order valence-electron chi connectivity index (χ4n) is 1.66. The van der Waals surface area contributed by atoms with E-state index in [1.165, 1.54) is 30.3 Å². The molecule has 106 valence electrons. The van der Waals surface area contributed by atoms with Crippen LogP contribution in [0, 0.1) is 5.82 Å². The van der Waals surface area contributed by atoms with Gasteiger partial charge in [0.1, 0.15) is 11.5 Å². The Morgan fingerprint density at radius 1 is 1.00 bits per heavy atom. The molecule has 0 saturated heterocycles. The fourth-order valence-corrected chi connectivity index (χ4v) is 1.66. The molecule has 0 aliphatic rings. The zero-order chi connectivity index (χ0) is 15.2. The molecule has 0 radical (unpaired) electrons. The van der Waals surface area contributed by atoms with Gasteiger partial charge in [0.15, 0.2) is 0 Å². The number of hydrogen-bond acceptors (Lipinski definition) is 2. The van der Waals surface area contributed by atoms with Crippen LogP contribution in [-0.4, -0.2) is 17.0 Å². The number of benzene rings is 2. The third kappa shape index (κ3) is 4.01. The standard InChI is InChI=1S/C16H12FNO3/c17-13-8-6-11(7-9-13)10-14(16(20)21)18-15(19)12-4-2-1-3-5-12/h1-10H,(H,18,19)(H,20,21)/b14-10-. The minimum atomic E-state index is -1.27. The van der Waals surface area contributed by atoms with Crippen LogP contribution >= 0.6 is 0 Å². The molecular weight excluding hydrogens is 273 g/mol. The second kappa shape index (κ2) is 6.47. The molecule has 2 N–H and O–H groups in total. The summed E-state index contributed by atoms with van der Waals surface area (Å²) < 4.78 is 12.8. The molecule has 0 unspecified atom stereocenters. The predicted molar refractivity (Wildman–Crippen MR) is 75.9 cm³/mol. The lowest BCUT2D eigenvalue weighted by atomic mass is 10.1. The third-order valence-electron chi connectivity index (χ3n) is 2.70. The van der Waals surface area contributed by atoms with Crippen LogP contribution in [0.5, 0.6) is 0 Å². The largest absolute Gasteiger partial charge is 0.477 e. The molecular formula is C16H12FNO3. The zero-order valence-corrected chi connectivity index (χ0v) is 10.9. The van der Waals surface area contributed by atoms with Crippen molar-refractivity contribution in [3.63, 3.8) is 0 Å². The third-order valence-corrected chi connectivity index (χ3v) is 2.70. The van der Waals surface area contributed by atoms with E-state index < -0.39 is 17.7 Å². The van der Waals surface area contributed by atoms with Gasteiger partial charge in [-0.25, -0.2) is 9.18 Å². The van der Waals surface area contributed by atoms with E-state index in [0.29, 0.717) is 11.1 Å². The van der Waals surface area contributed by atoms with E-state index in [4.69, 9.17) is 5.11 Å². The molecule has 0 atom stereocenters. The lowest BCUT2D eigenvalue weighted by Gasteiger charge is -2.06. The highest BCUT2D eigenvalue weighted by Crippen LogP contribution is 2.08. The van der Waals surface area contributed by atoms with Gasteiger partial charge in [-0.15, -0.1) is 0 Å². The van der Waals surface area contributed by atoms with Gasteiger partial charge < -0.3 is 10.4 Å². The summed E-state index contributed by atoms with van der Waals surface area (Å²) in [5.41, 5.74) is 0.543. The highest BCUT2D eigenvalue weighted by molar-refractivity contribution is 6.02. The molecule has 2 aromatic rings. The van der Waals surface area contributed by atoms with Crippen molar-refractivity contribution >= 4 is 18.0 Å². The Hall–Kier alpha value is -2.95. The van der Waals surface area contributed by atoms with Crippen LogP contribution in [0.4, 0.5) is 4.39 Å². The summed E-state index contributed by atoms with van der Waals surface area (Å²) in [4.78, 5) is 23.1. The smallest absolute Gasteiger partial charge is 0.352 e. The molecule has 0 aromatic heterocycles. The van der Waals surface area contributed by atoms with Crippen molar-refractivity contribution in [1.29, 1.82) is 0 Å². The maximum Gasteiger partial charge on any atom is 0.352 e. The number of carbonyl (C=O) groups excluding carboxylic acids is 1. The first kappa shape index (κ1) is 14.5. The molecule has 2 rings (SSSR count). The molecule has 0 aliphatic heterocycles. The molecule has 21 heavy (non-hydrogen) atoms. The van der Waals surface area contributed by atoms with Gasteiger partial charge >= 0.3 is 5.97 Å². The SMILES string of the molecule is O=C(O)/C(=C/c1ccc(F)cc1)NC(=O)c1ccccc1. The summed E-state index contributed by atoms with van der Waals surface area (Å²) in [5.74, 6) is -2.22. The second-order valence-electron chi connectivity index (χ2n) is 4.23.